The van der Waals surface area contributed by atoms with Crippen molar-refractivity contribution >= 4 is 23.6 Å². The summed E-state index contributed by atoms with van der Waals surface area (Å²) in [5.41, 5.74) is 7.87. The molecule has 9 nitrogen and oxygen atoms in total. The summed E-state index contributed by atoms with van der Waals surface area (Å²) in [4.78, 5) is 53.0. The quantitative estimate of drug-likeness (QED) is 0.661. The van der Waals surface area contributed by atoms with Crippen LogP contribution in [0, 0.1) is 0 Å². The van der Waals surface area contributed by atoms with Gasteiger partial charge in [-0.3, -0.25) is 34.3 Å². The van der Waals surface area contributed by atoms with Gasteiger partial charge >= 0.3 is 0 Å². The zero-order chi connectivity index (χ0) is 21.8. The first-order chi connectivity index (χ1) is 14.9. The van der Waals surface area contributed by atoms with E-state index in [0.29, 0.717) is 17.7 Å². The molecule has 1 aromatic rings. The number of imide groups is 2. The van der Waals surface area contributed by atoms with Gasteiger partial charge in [-0.25, -0.2) is 0 Å². The Morgan fingerprint density at radius 3 is 2.58 bits per heavy atom. The number of ether oxygens (including phenoxy) is 1. The van der Waals surface area contributed by atoms with E-state index in [1.54, 1.807) is 12.1 Å². The highest BCUT2D eigenvalue weighted by Gasteiger charge is 2.46. The fourth-order valence-electron chi connectivity index (χ4n) is 5.50. The first-order valence-electron chi connectivity index (χ1n) is 10.8. The number of hydrogen-bond donors (Lipinski definition) is 2. The van der Waals surface area contributed by atoms with E-state index >= 15 is 0 Å². The fourth-order valence-corrected chi connectivity index (χ4v) is 5.50. The van der Waals surface area contributed by atoms with Gasteiger partial charge in [0.25, 0.3) is 11.8 Å². The van der Waals surface area contributed by atoms with Gasteiger partial charge in [0.15, 0.2) is 0 Å². The van der Waals surface area contributed by atoms with Gasteiger partial charge in [-0.05, 0) is 43.4 Å². The second kappa shape index (κ2) is 7.51. The average Bonchev–Trinajstić information content (AvgIpc) is 3.16. The molecule has 2 atom stereocenters. The molecule has 3 saturated heterocycles. The van der Waals surface area contributed by atoms with E-state index in [0.717, 1.165) is 49.5 Å². The highest BCUT2D eigenvalue weighted by atomic mass is 16.5. The minimum atomic E-state index is -0.948. The summed E-state index contributed by atoms with van der Waals surface area (Å²) in [6.07, 6.45) is 3.07. The molecule has 0 aromatic heterocycles. The van der Waals surface area contributed by atoms with Crippen molar-refractivity contribution in [3.8, 4) is 0 Å². The van der Waals surface area contributed by atoms with Gasteiger partial charge in [-0.15, -0.1) is 0 Å². The van der Waals surface area contributed by atoms with Crippen molar-refractivity contribution in [3.05, 3.63) is 34.9 Å². The molecule has 4 heterocycles. The van der Waals surface area contributed by atoms with Crippen molar-refractivity contribution in [2.24, 2.45) is 5.73 Å². The lowest BCUT2D eigenvalue weighted by atomic mass is 9.86. The van der Waals surface area contributed by atoms with Gasteiger partial charge in [0.05, 0.1) is 11.1 Å². The van der Waals surface area contributed by atoms with Gasteiger partial charge in [-0.2, -0.15) is 0 Å². The molecule has 9 heteroatoms. The lowest BCUT2D eigenvalue weighted by Gasteiger charge is -2.41. The standard InChI is InChI=1S/C22H26N4O5/c23-14-10-22(5-7-31-8-6-22)25(12-14)11-13-1-2-15-16(9-13)21(30)26(20(15)29)17-3-4-18(27)24-19(17)28/h1-2,9,14,17H,3-8,10-12,23H2,(H,24,27,28). The maximum absolute atomic E-state index is 13.1. The maximum Gasteiger partial charge on any atom is 0.262 e. The van der Waals surface area contributed by atoms with Crippen molar-refractivity contribution in [1.82, 2.24) is 15.1 Å². The summed E-state index contributed by atoms with van der Waals surface area (Å²) in [6, 6.07) is 4.46. The summed E-state index contributed by atoms with van der Waals surface area (Å²) in [6.45, 7) is 2.87. The molecular weight excluding hydrogens is 400 g/mol. The number of piperidine rings is 1. The van der Waals surface area contributed by atoms with E-state index < -0.39 is 23.8 Å². The Morgan fingerprint density at radius 2 is 1.84 bits per heavy atom. The molecular formula is C22H26N4O5. The Labute approximate surface area is 179 Å². The molecule has 5 rings (SSSR count). The lowest BCUT2D eigenvalue weighted by Crippen LogP contribution is -2.54. The van der Waals surface area contributed by atoms with Crippen LogP contribution >= 0.6 is 0 Å². The molecule has 164 valence electrons. The molecule has 0 saturated carbocycles. The Kier molecular flexibility index (Phi) is 4.91. The second-order valence-corrected chi connectivity index (χ2v) is 9.01. The predicted octanol–water partition coefficient (Wildman–Crippen LogP) is 0.170. The normalized spacial score (nSPS) is 28.4. The summed E-state index contributed by atoms with van der Waals surface area (Å²) in [7, 11) is 0. The Hall–Kier alpha value is -2.62. The zero-order valence-electron chi connectivity index (χ0n) is 17.3. The first kappa shape index (κ1) is 20.3. The Bertz CT molecular complexity index is 971. The Morgan fingerprint density at radius 1 is 1.10 bits per heavy atom. The molecule has 4 amide bonds. The topological polar surface area (TPSA) is 122 Å². The number of nitrogens with two attached hydrogens (primary N) is 1. The van der Waals surface area contributed by atoms with Crippen molar-refractivity contribution in [1.29, 1.82) is 0 Å². The van der Waals surface area contributed by atoms with E-state index in [-0.39, 0.29) is 30.3 Å². The molecule has 1 aromatic carbocycles. The lowest BCUT2D eigenvalue weighted by molar-refractivity contribution is -0.136. The number of amides is 4. The fraction of sp³-hybridized carbons (Fsp3) is 0.545. The van der Waals surface area contributed by atoms with E-state index in [2.05, 4.69) is 10.2 Å². The smallest absolute Gasteiger partial charge is 0.262 e. The minimum absolute atomic E-state index is 0.0231. The van der Waals surface area contributed by atoms with Crippen LogP contribution in [0.1, 0.15) is 58.4 Å². The SMILES string of the molecule is NC1CN(Cc2ccc3c(c2)C(=O)N(C2CCC(=O)NC2=O)C3=O)C2(CCOCC2)C1. The third-order valence-electron chi connectivity index (χ3n) is 7.07. The largest absolute Gasteiger partial charge is 0.381 e. The summed E-state index contributed by atoms with van der Waals surface area (Å²) in [5.74, 6) is -1.94. The Balaban J connectivity index is 1.38. The molecule has 2 unspecified atom stereocenters. The van der Waals surface area contributed by atoms with Gasteiger partial charge in [-0.1, -0.05) is 6.07 Å². The maximum atomic E-state index is 13.1. The third kappa shape index (κ3) is 3.37. The monoisotopic (exact) mass is 426 g/mol. The number of rotatable bonds is 3. The van der Waals surface area contributed by atoms with Gasteiger partial charge in [0, 0.05) is 44.3 Å². The van der Waals surface area contributed by atoms with Crippen LogP contribution < -0.4 is 11.1 Å². The van der Waals surface area contributed by atoms with E-state index in [1.165, 1.54) is 0 Å². The van der Waals surface area contributed by atoms with Crippen LogP contribution in [-0.2, 0) is 20.9 Å². The van der Waals surface area contributed by atoms with E-state index in [4.69, 9.17) is 10.5 Å². The number of nitrogens with one attached hydrogen (secondary N) is 1. The number of hydrogen-bond acceptors (Lipinski definition) is 7. The van der Waals surface area contributed by atoms with Crippen LogP contribution in [-0.4, -0.2) is 70.8 Å². The number of fused-ring (bicyclic) bond motifs is 1. The number of likely N-dealkylation sites (tertiary alicyclic amines) is 1. The number of nitrogens with zero attached hydrogens (tertiary/aromatic N) is 2. The first-order valence-corrected chi connectivity index (χ1v) is 10.8. The second-order valence-electron chi connectivity index (χ2n) is 9.01. The number of benzene rings is 1. The summed E-state index contributed by atoms with van der Waals surface area (Å²) < 4.78 is 5.55. The van der Waals surface area contributed by atoms with Crippen LogP contribution in [0.5, 0.6) is 0 Å². The molecule has 0 bridgehead atoms. The molecule has 3 fully saturated rings. The van der Waals surface area contributed by atoms with Crippen molar-refractivity contribution in [3.63, 3.8) is 0 Å². The van der Waals surface area contributed by atoms with Crippen molar-refractivity contribution < 1.29 is 23.9 Å². The molecule has 3 N–H and O–H groups in total. The zero-order valence-corrected chi connectivity index (χ0v) is 17.3. The predicted molar refractivity (Wildman–Crippen MR) is 109 cm³/mol. The van der Waals surface area contributed by atoms with Crippen molar-refractivity contribution in [2.45, 2.75) is 56.3 Å². The van der Waals surface area contributed by atoms with Gasteiger partial charge < -0.3 is 10.5 Å². The van der Waals surface area contributed by atoms with Crippen LogP contribution in [0.15, 0.2) is 18.2 Å². The van der Waals surface area contributed by atoms with Gasteiger partial charge in [0.1, 0.15) is 6.04 Å². The van der Waals surface area contributed by atoms with Crippen LogP contribution in [0.2, 0.25) is 0 Å². The molecule has 1 spiro atoms. The van der Waals surface area contributed by atoms with Crippen LogP contribution in [0.25, 0.3) is 0 Å². The minimum Gasteiger partial charge on any atom is -0.381 e. The van der Waals surface area contributed by atoms with Crippen LogP contribution in [0.3, 0.4) is 0 Å². The molecule has 0 aliphatic carbocycles. The molecule has 4 aliphatic rings. The van der Waals surface area contributed by atoms with Crippen molar-refractivity contribution in [2.75, 3.05) is 19.8 Å². The molecule has 4 aliphatic heterocycles. The average molecular weight is 426 g/mol. The third-order valence-corrected chi connectivity index (χ3v) is 7.07. The molecule has 31 heavy (non-hydrogen) atoms. The van der Waals surface area contributed by atoms with E-state index in [1.807, 2.05) is 6.07 Å². The highest BCUT2D eigenvalue weighted by Crippen LogP contribution is 2.39. The molecule has 0 radical (unpaired) electrons. The summed E-state index contributed by atoms with van der Waals surface area (Å²) in [5, 5.41) is 2.22. The van der Waals surface area contributed by atoms with E-state index in [9.17, 15) is 19.2 Å². The van der Waals surface area contributed by atoms with Gasteiger partial charge in [0.2, 0.25) is 11.8 Å². The summed E-state index contributed by atoms with van der Waals surface area (Å²) >= 11 is 0. The number of carbonyl (C=O) groups is 4. The highest BCUT2D eigenvalue weighted by molar-refractivity contribution is 6.23. The van der Waals surface area contributed by atoms with Crippen LogP contribution in [0.4, 0.5) is 0 Å². The number of carbonyl (C=O) groups excluding carboxylic acids is 4.